The molecule has 0 heterocycles. The van der Waals surface area contributed by atoms with Crippen LogP contribution in [0.2, 0.25) is 5.02 Å². The average molecular weight is 253 g/mol. The van der Waals surface area contributed by atoms with E-state index in [1.54, 1.807) is 18.2 Å². The minimum Gasteiger partial charge on any atom is -0.507 e. The van der Waals surface area contributed by atoms with Gasteiger partial charge in [0.1, 0.15) is 17.3 Å². The molecule has 2 rings (SSSR count). The Morgan fingerprint density at radius 1 is 1.18 bits per heavy atom. The van der Waals surface area contributed by atoms with Crippen molar-refractivity contribution in [3.8, 4) is 22.6 Å². The zero-order valence-corrected chi connectivity index (χ0v) is 9.83. The molecule has 0 saturated carbocycles. The number of benzene rings is 2. The number of para-hydroxylation sites is 1. The highest BCUT2D eigenvalue weighted by Gasteiger charge is 2.12. The minimum absolute atomic E-state index is 0.0382. The van der Waals surface area contributed by atoms with Gasteiger partial charge in [-0.1, -0.05) is 29.8 Å². The van der Waals surface area contributed by atoms with Crippen molar-refractivity contribution in [2.45, 2.75) is 0 Å². The summed E-state index contributed by atoms with van der Waals surface area (Å²) in [5.74, 6) is -0.232. The van der Waals surface area contributed by atoms with E-state index in [1.807, 2.05) is 6.07 Å². The Morgan fingerprint density at radius 2 is 1.88 bits per heavy atom. The van der Waals surface area contributed by atoms with Gasteiger partial charge in [-0.05, 0) is 12.1 Å². The second kappa shape index (κ2) is 4.63. The molecular weight excluding hydrogens is 243 g/mol. The molecule has 1 N–H and O–H groups in total. The largest absolute Gasteiger partial charge is 0.507 e. The fourth-order valence-electron chi connectivity index (χ4n) is 1.62. The zero-order chi connectivity index (χ0) is 12.4. The first kappa shape index (κ1) is 11.7. The molecule has 0 aromatic heterocycles. The number of halogens is 2. The van der Waals surface area contributed by atoms with Crippen molar-refractivity contribution in [1.29, 1.82) is 0 Å². The molecule has 2 nitrogen and oxygen atoms in total. The second-order valence-electron chi connectivity index (χ2n) is 3.48. The summed E-state index contributed by atoms with van der Waals surface area (Å²) in [5.41, 5.74) is 1.10. The van der Waals surface area contributed by atoms with Gasteiger partial charge in [-0.15, -0.1) is 0 Å². The first-order valence-electron chi connectivity index (χ1n) is 4.95. The quantitative estimate of drug-likeness (QED) is 0.879. The lowest BCUT2D eigenvalue weighted by Crippen LogP contribution is -1.89. The summed E-state index contributed by atoms with van der Waals surface area (Å²) in [7, 11) is 1.53. The summed E-state index contributed by atoms with van der Waals surface area (Å²) in [6.07, 6.45) is 0. The minimum atomic E-state index is -0.650. The normalized spacial score (nSPS) is 10.3. The Balaban J connectivity index is 2.64. The lowest BCUT2D eigenvalue weighted by atomic mass is 10.0. The van der Waals surface area contributed by atoms with Gasteiger partial charge >= 0.3 is 0 Å². The van der Waals surface area contributed by atoms with Crippen LogP contribution in [-0.4, -0.2) is 12.2 Å². The lowest BCUT2D eigenvalue weighted by Gasteiger charge is -2.10. The number of methoxy groups -OCH3 is 1. The van der Waals surface area contributed by atoms with E-state index in [4.69, 9.17) is 16.3 Å². The molecule has 0 amide bonds. The molecule has 0 atom stereocenters. The average Bonchev–Trinajstić information content (AvgIpc) is 2.34. The summed E-state index contributed by atoms with van der Waals surface area (Å²) < 4.78 is 18.3. The van der Waals surface area contributed by atoms with E-state index < -0.39 is 5.82 Å². The van der Waals surface area contributed by atoms with Crippen molar-refractivity contribution in [3.63, 3.8) is 0 Å². The van der Waals surface area contributed by atoms with E-state index in [9.17, 15) is 9.50 Å². The Hall–Kier alpha value is -1.74. The monoisotopic (exact) mass is 252 g/mol. The fourth-order valence-corrected chi connectivity index (χ4v) is 1.78. The van der Waals surface area contributed by atoms with Crippen molar-refractivity contribution >= 4 is 11.6 Å². The van der Waals surface area contributed by atoms with Crippen LogP contribution in [0.4, 0.5) is 4.39 Å². The summed E-state index contributed by atoms with van der Waals surface area (Å²) in [5, 5.41) is 9.70. The molecular formula is C13H10ClFO2. The van der Waals surface area contributed by atoms with Crippen LogP contribution in [0.25, 0.3) is 11.1 Å². The summed E-state index contributed by atoms with van der Waals surface area (Å²) in [6.45, 7) is 0. The molecule has 88 valence electrons. The predicted octanol–water partition coefficient (Wildman–Crippen LogP) is 3.86. The number of ether oxygens (including phenoxy) is 1. The number of rotatable bonds is 2. The molecule has 0 aliphatic heterocycles. The standard InChI is InChI=1S/C13H10ClFO2/c1-17-13-5-3-2-4-8(13)9-6-10(14)11(15)7-12(9)16/h2-7,16H,1H3. The third kappa shape index (κ3) is 2.19. The molecule has 0 unspecified atom stereocenters. The van der Waals surface area contributed by atoms with Crippen LogP contribution < -0.4 is 4.74 Å². The summed E-state index contributed by atoms with van der Waals surface area (Å²) in [4.78, 5) is 0. The number of phenolic OH excluding ortho intramolecular Hbond substituents is 1. The van der Waals surface area contributed by atoms with Gasteiger partial charge in [0.15, 0.2) is 0 Å². The second-order valence-corrected chi connectivity index (χ2v) is 3.89. The zero-order valence-electron chi connectivity index (χ0n) is 9.08. The van der Waals surface area contributed by atoms with Gasteiger partial charge in [-0.25, -0.2) is 4.39 Å². The number of aromatic hydroxyl groups is 1. The highest BCUT2D eigenvalue weighted by atomic mass is 35.5. The highest BCUT2D eigenvalue weighted by Crippen LogP contribution is 2.38. The van der Waals surface area contributed by atoms with Crippen LogP contribution >= 0.6 is 11.6 Å². The van der Waals surface area contributed by atoms with Crippen LogP contribution in [0.1, 0.15) is 0 Å². The molecule has 0 aliphatic rings. The molecule has 0 radical (unpaired) electrons. The molecule has 2 aromatic carbocycles. The Morgan fingerprint density at radius 3 is 2.59 bits per heavy atom. The third-order valence-electron chi connectivity index (χ3n) is 2.44. The molecule has 17 heavy (non-hydrogen) atoms. The number of hydrogen-bond acceptors (Lipinski definition) is 2. The van der Waals surface area contributed by atoms with Gasteiger partial charge in [-0.3, -0.25) is 0 Å². The molecule has 0 spiro atoms. The van der Waals surface area contributed by atoms with Crippen molar-refractivity contribution in [2.75, 3.05) is 7.11 Å². The van der Waals surface area contributed by atoms with Gasteiger partial charge < -0.3 is 9.84 Å². The van der Waals surface area contributed by atoms with Gasteiger partial charge in [0.25, 0.3) is 0 Å². The first-order chi connectivity index (χ1) is 8.13. The summed E-state index contributed by atoms with van der Waals surface area (Å²) >= 11 is 5.70. The Kier molecular flexibility index (Phi) is 3.20. The van der Waals surface area contributed by atoms with Crippen LogP contribution in [0.3, 0.4) is 0 Å². The van der Waals surface area contributed by atoms with E-state index in [2.05, 4.69) is 0 Å². The van der Waals surface area contributed by atoms with Gasteiger partial charge in [-0.2, -0.15) is 0 Å². The van der Waals surface area contributed by atoms with Gasteiger partial charge in [0.05, 0.1) is 12.1 Å². The van der Waals surface area contributed by atoms with Gasteiger partial charge in [0.2, 0.25) is 0 Å². The van der Waals surface area contributed by atoms with E-state index in [0.717, 1.165) is 6.07 Å². The molecule has 0 fully saturated rings. The maximum atomic E-state index is 13.1. The SMILES string of the molecule is COc1ccccc1-c1cc(Cl)c(F)cc1O. The first-order valence-corrected chi connectivity index (χ1v) is 5.32. The van der Waals surface area contributed by atoms with Crippen molar-refractivity contribution in [3.05, 3.63) is 47.2 Å². The molecule has 0 saturated heterocycles. The van der Waals surface area contributed by atoms with Crippen LogP contribution in [-0.2, 0) is 0 Å². The van der Waals surface area contributed by atoms with Crippen LogP contribution in [0.5, 0.6) is 11.5 Å². The van der Waals surface area contributed by atoms with E-state index in [1.165, 1.54) is 13.2 Å². The van der Waals surface area contributed by atoms with Crippen molar-refractivity contribution in [2.24, 2.45) is 0 Å². The molecule has 0 bridgehead atoms. The van der Waals surface area contributed by atoms with E-state index in [0.29, 0.717) is 16.9 Å². The molecule has 4 heteroatoms. The lowest BCUT2D eigenvalue weighted by molar-refractivity contribution is 0.415. The third-order valence-corrected chi connectivity index (χ3v) is 2.73. The maximum Gasteiger partial charge on any atom is 0.145 e. The number of phenols is 1. The molecule has 0 aliphatic carbocycles. The smallest absolute Gasteiger partial charge is 0.145 e. The van der Waals surface area contributed by atoms with Crippen LogP contribution in [0, 0.1) is 5.82 Å². The summed E-state index contributed by atoms with van der Waals surface area (Å²) in [6, 6.07) is 9.50. The van der Waals surface area contributed by atoms with Crippen molar-refractivity contribution in [1.82, 2.24) is 0 Å². The highest BCUT2D eigenvalue weighted by molar-refractivity contribution is 6.31. The van der Waals surface area contributed by atoms with E-state index in [-0.39, 0.29) is 10.8 Å². The van der Waals surface area contributed by atoms with Crippen LogP contribution in [0.15, 0.2) is 36.4 Å². The Labute approximate surface area is 103 Å². The van der Waals surface area contributed by atoms with Crippen molar-refractivity contribution < 1.29 is 14.2 Å². The maximum absolute atomic E-state index is 13.1. The number of hydrogen-bond donors (Lipinski definition) is 1. The van der Waals surface area contributed by atoms with Gasteiger partial charge in [0, 0.05) is 17.2 Å². The predicted molar refractivity (Wildman–Crippen MR) is 65.1 cm³/mol. The Bertz CT molecular complexity index is 555. The topological polar surface area (TPSA) is 29.5 Å². The van der Waals surface area contributed by atoms with E-state index >= 15 is 0 Å². The fraction of sp³-hybridized carbons (Fsp3) is 0.0769. The molecule has 2 aromatic rings.